The molecule has 0 aliphatic heterocycles. The van der Waals surface area contributed by atoms with E-state index in [0.717, 1.165) is 21.2 Å². The second-order valence-corrected chi connectivity index (χ2v) is 7.57. The van der Waals surface area contributed by atoms with E-state index in [4.69, 9.17) is 4.74 Å². The minimum atomic E-state index is -0.956. The van der Waals surface area contributed by atoms with Crippen molar-refractivity contribution in [3.63, 3.8) is 0 Å². The Balaban J connectivity index is 2.04. The summed E-state index contributed by atoms with van der Waals surface area (Å²) < 4.78 is 8.58. The molecule has 1 unspecified atom stereocenters. The standard InChI is InChI=1S/C20H15BrO2S/c1-23-20(22)17-11-12(21)9-10-13(17)15-6-4-7-16-14-5-2-3-8-18(14)24-19(15)16/h2-11,20,22H,1H3. The fraction of sp³-hybridized carbons (Fsp3) is 0.100. The number of methoxy groups -OCH3 is 1. The summed E-state index contributed by atoms with van der Waals surface area (Å²) in [7, 11) is 1.51. The maximum Gasteiger partial charge on any atom is 0.181 e. The monoisotopic (exact) mass is 398 g/mol. The third-order valence-electron chi connectivity index (χ3n) is 4.20. The first-order valence-corrected chi connectivity index (χ1v) is 9.21. The molecule has 4 rings (SSSR count). The first-order valence-electron chi connectivity index (χ1n) is 7.60. The molecule has 1 aromatic heterocycles. The lowest BCUT2D eigenvalue weighted by Crippen LogP contribution is -2.02. The smallest absolute Gasteiger partial charge is 0.181 e. The van der Waals surface area contributed by atoms with E-state index in [1.807, 2.05) is 18.2 Å². The van der Waals surface area contributed by atoms with Crippen LogP contribution in [0.2, 0.25) is 0 Å². The van der Waals surface area contributed by atoms with E-state index >= 15 is 0 Å². The molecule has 120 valence electrons. The van der Waals surface area contributed by atoms with Crippen molar-refractivity contribution in [2.24, 2.45) is 0 Å². The van der Waals surface area contributed by atoms with E-state index < -0.39 is 6.29 Å². The Morgan fingerprint density at radius 2 is 1.75 bits per heavy atom. The number of hydrogen-bond donors (Lipinski definition) is 1. The average molecular weight is 399 g/mol. The van der Waals surface area contributed by atoms with Gasteiger partial charge in [0.25, 0.3) is 0 Å². The van der Waals surface area contributed by atoms with E-state index in [0.29, 0.717) is 0 Å². The van der Waals surface area contributed by atoms with Gasteiger partial charge in [-0.15, -0.1) is 11.3 Å². The maximum absolute atomic E-state index is 10.3. The minimum absolute atomic E-state index is 0.761. The molecule has 0 radical (unpaired) electrons. The van der Waals surface area contributed by atoms with Gasteiger partial charge in [-0.2, -0.15) is 0 Å². The SMILES string of the molecule is COC(O)c1cc(Br)ccc1-c1cccc2c1sc1ccccc12. The molecule has 0 saturated carbocycles. The Morgan fingerprint density at radius 1 is 0.958 bits per heavy atom. The van der Waals surface area contributed by atoms with Crippen molar-refractivity contribution in [1.29, 1.82) is 0 Å². The van der Waals surface area contributed by atoms with Crippen LogP contribution in [0.15, 0.2) is 65.1 Å². The number of hydrogen-bond acceptors (Lipinski definition) is 3. The van der Waals surface area contributed by atoms with Gasteiger partial charge in [-0.05, 0) is 29.3 Å². The van der Waals surface area contributed by atoms with Crippen LogP contribution in [0.25, 0.3) is 31.3 Å². The quantitative estimate of drug-likeness (QED) is 0.421. The van der Waals surface area contributed by atoms with Gasteiger partial charge in [-0.3, -0.25) is 0 Å². The van der Waals surface area contributed by atoms with E-state index in [-0.39, 0.29) is 0 Å². The van der Waals surface area contributed by atoms with Gasteiger partial charge < -0.3 is 9.84 Å². The molecule has 0 spiro atoms. The van der Waals surface area contributed by atoms with Crippen molar-refractivity contribution in [2.75, 3.05) is 7.11 Å². The summed E-state index contributed by atoms with van der Waals surface area (Å²) in [5.41, 5.74) is 2.87. The number of ether oxygens (including phenoxy) is 1. The van der Waals surface area contributed by atoms with E-state index in [1.54, 1.807) is 11.3 Å². The van der Waals surface area contributed by atoms with Crippen LogP contribution in [0, 0.1) is 0 Å². The van der Waals surface area contributed by atoms with Gasteiger partial charge in [0.1, 0.15) is 0 Å². The van der Waals surface area contributed by atoms with Gasteiger partial charge in [0.05, 0.1) is 0 Å². The van der Waals surface area contributed by atoms with Crippen molar-refractivity contribution in [1.82, 2.24) is 0 Å². The van der Waals surface area contributed by atoms with Gasteiger partial charge in [-0.1, -0.05) is 58.4 Å². The third-order valence-corrected chi connectivity index (χ3v) is 5.91. The van der Waals surface area contributed by atoms with Crippen LogP contribution in [0.4, 0.5) is 0 Å². The molecular weight excluding hydrogens is 384 g/mol. The Hall–Kier alpha value is -1.72. The summed E-state index contributed by atoms with van der Waals surface area (Å²) in [6.45, 7) is 0. The molecule has 1 N–H and O–H groups in total. The fourth-order valence-corrected chi connectivity index (χ4v) is 4.68. The van der Waals surface area contributed by atoms with Crippen molar-refractivity contribution in [3.05, 3.63) is 70.7 Å². The summed E-state index contributed by atoms with van der Waals surface area (Å²) >= 11 is 5.26. The van der Waals surface area contributed by atoms with E-state index in [9.17, 15) is 5.11 Å². The molecule has 3 aromatic carbocycles. The second-order valence-electron chi connectivity index (χ2n) is 5.60. The number of benzene rings is 3. The largest absolute Gasteiger partial charge is 0.364 e. The number of rotatable bonds is 3. The van der Waals surface area contributed by atoms with E-state index in [2.05, 4.69) is 58.4 Å². The first-order chi connectivity index (χ1) is 11.7. The number of aliphatic hydroxyl groups is 1. The van der Waals surface area contributed by atoms with Gasteiger partial charge in [-0.25, -0.2) is 0 Å². The van der Waals surface area contributed by atoms with Gasteiger partial charge in [0, 0.05) is 37.3 Å². The summed E-state index contributed by atoms with van der Waals surface area (Å²) in [4.78, 5) is 0. The Labute approximate surface area is 152 Å². The van der Waals surface area contributed by atoms with Crippen LogP contribution in [-0.2, 0) is 4.74 Å². The fourth-order valence-electron chi connectivity index (χ4n) is 3.07. The molecule has 1 atom stereocenters. The highest BCUT2D eigenvalue weighted by atomic mass is 79.9. The van der Waals surface area contributed by atoms with Crippen LogP contribution >= 0.6 is 27.3 Å². The molecule has 0 aliphatic rings. The van der Waals surface area contributed by atoms with E-state index in [1.165, 1.54) is 27.3 Å². The number of thiophene rings is 1. The highest BCUT2D eigenvalue weighted by Crippen LogP contribution is 2.42. The molecule has 4 aromatic rings. The highest BCUT2D eigenvalue weighted by molar-refractivity contribution is 9.10. The lowest BCUT2D eigenvalue weighted by Gasteiger charge is -2.15. The molecular formula is C20H15BrO2S. The van der Waals surface area contributed by atoms with Gasteiger partial charge >= 0.3 is 0 Å². The van der Waals surface area contributed by atoms with Crippen LogP contribution in [0.5, 0.6) is 0 Å². The predicted octanol–water partition coefficient (Wildman–Crippen LogP) is 6.12. The molecule has 0 fully saturated rings. The molecule has 2 nitrogen and oxygen atoms in total. The first kappa shape index (κ1) is 15.8. The van der Waals surface area contributed by atoms with Crippen molar-refractivity contribution < 1.29 is 9.84 Å². The van der Waals surface area contributed by atoms with Crippen molar-refractivity contribution >= 4 is 47.4 Å². The van der Waals surface area contributed by atoms with Crippen molar-refractivity contribution in [3.8, 4) is 11.1 Å². The average Bonchev–Trinajstić information content (AvgIpc) is 3.00. The third kappa shape index (κ3) is 2.56. The summed E-state index contributed by atoms with van der Waals surface area (Å²) in [5.74, 6) is 0. The normalized spacial score (nSPS) is 12.8. The van der Waals surface area contributed by atoms with Crippen LogP contribution in [0.3, 0.4) is 0 Å². The molecule has 0 bridgehead atoms. The molecule has 0 amide bonds. The predicted molar refractivity (Wildman–Crippen MR) is 104 cm³/mol. The van der Waals surface area contributed by atoms with Crippen LogP contribution < -0.4 is 0 Å². The Kier molecular flexibility index (Phi) is 4.14. The number of fused-ring (bicyclic) bond motifs is 3. The lowest BCUT2D eigenvalue weighted by atomic mass is 9.97. The zero-order valence-corrected chi connectivity index (χ0v) is 15.4. The van der Waals surface area contributed by atoms with Crippen LogP contribution in [-0.4, -0.2) is 12.2 Å². The topological polar surface area (TPSA) is 29.5 Å². The second kappa shape index (κ2) is 6.30. The number of aliphatic hydroxyl groups excluding tert-OH is 1. The molecule has 24 heavy (non-hydrogen) atoms. The van der Waals surface area contributed by atoms with Gasteiger partial charge in [0.15, 0.2) is 6.29 Å². The Bertz CT molecular complexity index is 1040. The zero-order valence-electron chi connectivity index (χ0n) is 13.0. The molecule has 0 saturated heterocycles. The molecule has 0 aliphatic carbocycles. The van der Waals surface area contributed by atoms with Crippen LogP contribution in [0.1, 0.15) is 11.9 Å². The maximum atomic E-state index is 10.3. The van der Waals surface area contributed by atoms with Gasteiger partial charge in [0.2, 0.25) is 0 Å². The zero-order chi connectivity index (χ0) is 16.7. The number of halogens is 1. The minimum Gasteiger partial charge on any atom is -0.364 e. The van der Waals surface area contributed by atoms with Crippen molar-refractivity contribution in [2.45, 2.75) is 6.29 Å². The molecule has 1 heterocycles. The summed E-state index contributed by atoms with van der Waals surface area (Å²) in [6, 6.07) is 20.7. The summed E-state index contributed by atoms with van der Waals surface area (Å²) in [5, 5.41) is 12.8. The molecule has 4 heteroatoms. The summed E-state index contributed by atoms with van der Waals surface area (Å²) in [6.07, 6.45) is -0.956. The Morgan fingerprint density at radius 3 is 2.58 bits per heavy atom. The lowest BCUT2D eigenvalue weighted by molar-refractivity contribution is -0.0765. The highest BCUT2D eigenvalue weighted by Gasteiger charge is 2.17.